The fourth-order valence-corrected chi connectivity index (χ4v) is 2.82. The summed E-state index contributed by atoms with van der Waals surface area (Å²) in [6.07, 6.45) is 3.56. The van der Waals surface area contributed by atoms with E-state index in [0.29, 0.717) is 11.8 Å². The molecule has 0 aliphatic carbocycles. The molecule has 90 valence electrons. The van der Waals surface area contributed by atoms with E-state index in [1.54, 1.807) is 11.8 Å². The van der Waals surface area contributed by atoms with E-state index in [1.807, 2.05) is 4.90 Å². The third kappa shape index (κ3) is 3.14. The van der Waals surface area contributed by atoms with Gasteiger partial charge in [-0.1, -0.05) is 18.7 Å². The van der Waals surface area contributed by atoms with Crippen molar-refractivity contribution >= 4 is 22.8 Å². The summed E-state index contributed by atoms with van der Waals surface area (Å²) in [5.74, 6) is 0.211. The molecule has 1 fully saturated rings. The molecule has 1 unspecified atom stereocenters. The van der Waals surface area contributed by atoms with Crippen molar-refractivity contribution in [3.05, 3.63) is 0 Å². The van der Waals surface area contributed by atoms with Crippen LogP contribution in [0.1, 0.15) is 26.2 Å². The van der Waals surface area contributed by atoms with Crippen LogP contribution in [0.2, 0.25) is 0 Å². The SMILES string of the molecule is CC1CN=C(NCC(=O)N2CCCCC2)S1. The molecule has 16 heavy (non-hydrogen) atoms. The van der Waals surface area contributed by atoms with Crippen LogP contribution in [0.25, 0.3) is 0 Å². The lowest BCUT2D eigenvalue weighted by atomic mass is 10.1. The molecule has 0 saturated carbocycles. The van der Waals surface area contributed by atoms with Crippen molar-refractivity contribution in [1.29, 1.82) is 0 Å². The number of amidine groups is 1. The second kappa shape index (κ2) is 5.57. The minimum atomic E-state index is 0.211. The summed E-state index contributed by atoms with van der Waals surface area (Å²) in [5, 5.41) is 4.61. The van der Waals surface area contributed by atoms with E-state index >= 15 is 0 Å². The highest BCUT2D eigenvalue weighted by Crippen LogP contribution is 2.18. The highest BCUT2D eigenvalue weighted by Gasteiger charge is 2.19. The first-order valence-corrected chi connectivity index (χ1v) is 6.86. The molecule has 0 aromatic carbocycles. The van der Waals surface area contributed by atoms with Crippen molar-refractivity contribution in [2.45, 2.75) is 31.4 Å². The lowest BCUT2D eigenvalue weighted by Gasteiger charge is -2.26. The van der Waals surface area contributed by atoms with Gasteiger partial charge in [-0.2, -0.15) is 0 Å². The number of carbonyl (C=O) groups excluding carboxylic acids is 1. The second-order valence-electron chi connectivity index (χ2n) is 4.37. The first kappa shape index (κ1) is 11.8. The first-order chi connectivity index (χ1) is 7.75. The molecule has 1 atom stereocenters. The molecule has 2 heterocycles. The van der Waals surface area contributed by atoms with E-state index in [4.69, 9.17) is 0 Å². The van der Waals surface area contributed by atoms with Gasteiger partial charge in [-0.15, -0.1) is 0 Å². The van der Waals surface area contributed by atoms with Crippen molar-refractivity contribution in [3.8, 4) is 0 Å². The molecule has 2 aliphatic rings. The monoisotopic (exact) mass is 241 g/mol. The van der Waals surface area contributed by atoms with Crippen LogP contribution in [0.15, 0.2) is 4.99 Å². The number of thioether (sulfide) groups is 1. The topological polar surface area (TPSA) is 44.7 Å². The summed E-state index contributed by atoms with van der Waals surface area (Å²) >= 11 is 1.72. The quantitative estimate of drug-likeness (QED) is 0.787. The summed E-state index contributed by atoms with van der Waals surface area (Å²) in [5.41, 5.74) is 0. The predicted molar refractivity (Wildman–Crippen MR) is 67.8 cm³/mol. The zero-order chi connectivity index (χ0) is 11.4. The number of likely N-dealkylation sites (tertiary alicyclic amines) is 1. The molecule has 0 aromatic heterocycles. The Bertz CT molecular complexity index is 287. The third-order valence-corrected chi connectivity index (χ3v) is 3.95. The minimum Gasteiger partial charge on any atom is -0.356 e. The van der Waals surface area contributed by atoms with E-state index in [1.165, 1.54) is 6.42 Å². The highest BCUT2D eigenvalue weighted by atomic mass is 32.2. The largest absolute Gasteiger partial charge is 0.356 e. The van der Waals surface area contributed by atoms with E-state index in [9.17, 15) is 4.79 Å². The number of nitrogens with one attached hydrogen (secondary N) is 1. The number of nitrogens with zero attached hydrogens (tertiary/aromatic N) is 2. The van der Waals surface area contributed by atoms with Gasteiger partial charge >= 0.3 is 0 Å². The van der Waals surface area contributed by atoms with Crippen LogP contribution in [0.5, 0.6) is 0 Å². The maximum Gasteiger partial charge on any atom is 0.241 e. The number of rotatable bonds is 2. The van der Waals surface area contributed by atoms with Gasteiger partial charge in [0.15, 0.2) is 5.17 Å². The Hall–Kier alpha value is -0.710. The molecule has 1 amide bonds. The van der Waals surface area contributed by atoms with E-state index < -0.39 is 0 Å². The molecule has 2 aliphatic heterocycles. The fraction of sp³-hybridized carbons (Fsp3) is 0.818. The van der Waals surface area contributed by atoms with E-state index in [0.717, 1.165) is 37.6 Å². The van der Waals surface area contributed by atoms with Crippen LogP contribution in [-0.2, 0) is 4.79 Å². The Morgan fingerprint density at radius 3 is 2.88 bits per heavy atom. The zero-order valence-corrected chi connectivity index (χ0v) is 10.6. The molecule has 4 nitrogen and oxygen atoms in total. The molecule has 0 spiro atoms. The number of piperidine rings is 1. The Balaban J connectivity index is 1.71. The standard InChI is InChI=1S/C11H19N3OS/c1-9-7-12-11(16-9)13-8-10(15)14-5-3-2-4-6-14/h9H,2-8H2,1H3,(H,12,13). The maximum atomic E-state index is 11.8. The molecule has 0 bridgehead atoms. The number of aliphatic imine (C=N–C) groups is 1. The van der Waals surface area contributed by atoms with Crippen molar-refractivity contribution < 1.29 is 4.79 Å². The van der Waals surface area contributed by atoms with Crippen LogP contribution >= 0.6 is 11.8 Å². The summed E-state index contributed by atoms with van der Waals surface area (Å²) in [6, 6.07) is 0. The number of hydrogen-bond donors (Lipinski definition) is 1. The molecule has 1 N–H and O–H groups in total. The summed E-state index contributed by atoms with van der Waals surface area (Å²) < 4.78 is 0. The smallest absolute Gasteiger partial charge is 0.241 e. The van der Waals surface area contributed by atoms with Crippen LogP contribution < -0.4 is 5.32 Å². The van der Waals surface area contributed by atoms with Gasteiger partial charge < -0.3 is 10.2 Å². The molecule has 2 rings (SSSR count). The van der Waals surface area contributed by atoms with Gasteiger partial charge in [0.05, 0.1) is 13.1 Å². The molecule has 0 aromatic rings. The van der Waals surface area contributed by atoms with Crippen LogP contribution in [0, 0.1) is 0 Å². The molecular formula is C11H19N3OS. The fourth-order valence-electron chi connectivity index (χ4n) is 1.98. The summed E-state index contributed by atoms with van der Waals surface area (Å²) in [4.78, 5) is 18.1. The van der Waals surface area contributed by atoms with Crippen LogP contribution in [0.4, 0.5) is 0 Å². The number of carbonyl (C=O) groups is 1. The van der Waals surface area contributed by atoms with E-state index in [2.05, 4.69) is 17.2 Å². The average Bonchev–Trinajstić information content (AvgIpc) is 2.73. The Morgan fingerprint density at radius 1 is 1.50 bits per heavy atom. The summed E-state index contributed by atoms with van der Waals surface area (Å²) in [7, 11) is 0. The van der Waals surface area contributed by atoms with Crippen molar-refractivity contribution in [2.75, 3.05) is 26.2 Å². The number of hydrogen-bond acceptors (Lipinski definition) is 4. The van der Waals surface area contributed by atoms with Gasteiger partial charge in [0.25, 0.3) is 0 Å². The van der Waals surface area contributed by atoms with Gasteiger partial charge in [-0.05, 0) is 19.3 Å². The Morgan fingerprint density at radius 2 is 2.25 bits per heavy atom. The van der Waals surface area contributed by atoms with Crippen LogP contribution in [0.3, 0.4) is 0 Å². The summed E-state index contributed by atoms with van der Waals surface area (Å²) in [6.45, 7) is 5.27. The van der Waals surface area contributed by atoms with Gasteiger partial charge in [-0.3, -0.25) is 9.79 Å². The van der Waals surface area contributed by atoms with Crippen molar-refractivity contribution in [2.24, 2.45) is 4.99 Å². The van der Waals surface area contributed by atoms with Crippen molar-refractivity contribution in [1.82, 2.24) is 10.2 Å². The predicted octanol–water partition coefficient (Wildman–Crippen LogP) is 1.08. The van der Waals surface area contributed by atoms with Crippen molar-refractivity contribution in [3.63, 3.8) is 0 Å². The zero-order valence-electron chi connectivity index (χ0n) is 9.74. The molecule has 5 heteroatoms. The van der Waals surface area contributed by atoms with Gasteiger partial charge in [0.1, 0.15) is 0 Å². The average molecular weight is 241 g/mol. The second-order valence-corrected chi connectivity index (χ2v) is 5.80. The molecule has 1 saturated heterocycles. The third-order valence-electron chi connectivity index (χ3n) is 2.90. The first-order valence-electron chi connectivity index (χ1n) is 5.98. The normalized spacial score (nSPS) is 25.4. The minimum absolute atomic E-state index is 0.211. The lowest BCUT2D eigenvalue weighted by Crippen LogP contribution is -2.41. The van der Waals surface area contributed by atoms with E-state index in [-0.39, 0.29) is 5.91 Å². The van der Waals surface area contributed by atoms with Gasteiger partial charge in [0.2, 0.25) is 5.91 Å². The molecular weight excluding hydrogens is 222 g/mol. The van der Waals surface area contributed by atoms with Gasteiger partial charge in [-0.25, -0.2) is 0 Å². The number of amides is 1. The lowest BCUT2D eigenvalue weighted by molar-refractivity contribution is -0.130. The Labute approximate surface area is 101 Å². The molecule has 0 radical (unpaired) electrons. The maximum absolute atomic E-state index is 11.8. The van der Waals surface area contributed by atoms with Crippen LogP contribution in [-0.4, -0.2) is 47.4 Å². The Kier molecular flexibility index (Phi) is 4.09. The van der Waals surface area contributed by atoms with Gasteiger partial charge in [0, 0.05) is 18.3 Å². The highest BCUT2D eigenvalue weighted by molar-refractivity contribution is 8.14.